The third-order valence-electron chi connectivity index (χ3n) is 4.33. The Labute approximate surface area is 154 Å². The van der Waals surface area contributed by atoms with Gasteiger partial charge in [-0.15, -0.1) is 21.5 Å². The largest absolute Gasteiger partial charge is 0.273 e. The molecule has 0 N–H and O–H groups in total. The molecule has 2 aromatic heterocycles. The molecule has 4 rings (SSSR count). The Hall–Kier alpha value is -2.49. The molecule has 0 amide bonds. The van der Waals surface area contributed by atoms with Crippen LogP contribution in [0.4, 0.5) is 0 Å². The fraction of sp³-hybridized carbons (Fsp3) is 0.222. The first-order valence-corrected chi connectivity index (χ1v) is 9.00. The maximum absolute atomic E-state index is 9.51. The summed E-state index contributed by atoms with van der Waals surface area (Å²) in [6.45, 7) is 5.89. The second-order valence-electron chi connectivity index (χ2n) is 5.95. The van der Waals surface area contributed by atoms with E-state index in [1.807, 2.05) is 49.6 Å². The number of hydrogen-bond acceptors (Lipinski definition) is 5. The van der Waals surface area contributed by atoms with Crippen molar-refractivity contribution in [1.82, 2.24) is 14.8 Å². The molecular formula is C18H14ClN5S. The van der Waals surface area contributed by atoms with Crippen LogP contribution in [0.25, 0.3) is 5.00 Å². The van der Waals surface area contributed by atoms with Crippen LogP contribution in [0.2, 0.25) is 5.02 Å². The molecule has 0 saturated carbocycles. The Kier molecular flexibility index (Phi) is 3.71. The van der Waals surface area contributed by atoms with Crippen LogP contribution in [0, 0.1) is 25.2 Å². The molecule has 3 heterocycles. The predicted octanol–water partition coefficient (Wildman–Crippen LogP) is 4.38. The highest BCUT2D eigenvalue weighted by Crippen LogP contribution is 2.38. The SMILES string of the molecule is Cc1c(C#N)sc2c1C(c1ccc(Cl)cc1)=NC(C)c1nnc(C)n1-2. The van der Waals surface area contributed by atoms with Crippen LogP contribution in [-0.2, 0) is 0 Å². The van der Waals surface area contributed by atoms with E-state index in [-0.39, 0.29) is 6.04 Å². The minimum absolute atomic E-state index is 0.142. The molecule has 1 aromatic carbocycles. The number of rotatable bonds is 1. The van der Waals surface area contributed by atoms with E-state index in [1.165, 1.54) is 11.3 Å². The third-order valence-corrected chi connectivity index (χ3v) is 5.77. The second-order valence-corrected chi connectivity index (χ2v) is 7.39. The van der Waals surface area contributed by atoms with Crippen molar-refractivity contribution in [1.29, 1.82) is 5.26 Å². The maximum Gasteiger partial charge on any atom is 0.162 e. The molecule has 1 aliphatic heterocycles. The van der Waals surface area contributed by atoms with E-state index in [4.69, 9.17) is 16.6 Å². The fourth-order valence-electron chi connectivity index (χ4n) is 3.08. The van der Waals surface area contributed by atoms with Crippen LogP contribution in [-0.4, -0.2) is 20.5 Å². The van der Waals surface area contributed by atoms with Gasteiger partial charge in [0.2, 0.25) is 0 Å². The van der Waals surface area contributed by atoms with Gasteiger partial charge >= 0.3 is 0 Å². The van der Waals surface area contributed by atoms with E-state index >= 15 is 0 Å². The number of halogens is 1. The van der Waals surface area contributed by atoms with Gasteiger partial charge in [-0.1, -0.05) is 23.7 Å². The summed E-state index contributed by atoms with van der Waals surface area (Å²) in [4.78, 5) is 5.61. The molecule has 1 aliphatic rings. The predicted molar refractivity (Wildman–Crippen MR) is 98.9 cm³/mol. The van der Waals surface area contributed by atoms with Gasteiger partial charge in [0, 0.05) is 16.1 Å². The van der Waals surface area contributed by atoms with E-state index in [0.717, 1.165) is 39.1 Å². The van der Waals surface area contributed by atoms with Gasteiger partial charge in [0.05, 0.1) is 5.71 Å². The zero-order valence-electron chi connectivity index (χ0n) is 13.9. The number of aliphatic imine (C=N–C) groups is 1. The molecule has 5 nitrogen and oxygen atoms in total. The van der Waals surface area contributed by atoms with Crippen LogP contribution in [0.3, 0.4) is 0 Å². The maximum atomic E-state index is 9.51. The van der Waals surface area contributed by atoms with Crippen LogP contribution >= 0.6 is 22.9 Å². The van der Waals surface area contributed by atoms with Gasteiger partial charge in [0.1, 0.15) is 27.8 Å². The Bertz CT molecular complexity index is 1050. The Morgan fingerprint density at radius 3 is 2.60 bits per heavy atom. The highest BCUT2D eigenvalue weighted by molar-refractivity contribution is 7.15. The zero-order chi connectivity index (χ0) is 17.7. The summed E-state index contributed by atoms with van der Waals surface area (Å²) in [5.41, 5.74) is 3.74. The molecule has 0 spiro atoms. The van der Waals surface area contributed by atoms with E-state index in [2.05, 4.69) is 16.3 Å². The standard InChI is InChI=1S/C18H14ClN5S/c1-9-14(8-20)25-18-15(9)16(12-4-6-13(19)7-5-12)21-10(2)17-23-22-11(3)24(17)18/h4-7,10H,1-3H3. The first kappa shape index (κ1) is 16.0. The highest BCUT2D eigenvalue weighted by Gasteiger charge is 2.30. The van der Waals surface area contributed by atoms with Crippen molar-refractivity contribution < 1.29 is 0 Å². The van der Waals surface area contributed by atoms with Crippen molar-refractivity contribution in [2.45, 2.75) is 26.8 Å². The molecule has 0 fully saturated rings. The molecule has 1 atom stereocenters. The van der Waals surface area contributed by atoms with Gasteiger partial charge < -0.3 is 0 Å². The molecule has 0 saturated heterocycles. The molecule has 7 heteroatoms. The molecule has 0 radical (unpaired) electrons. The number of fused-ring (bicyclic) bond motifs is 3. The lowest BCUT2D eigenvalue weighted by Gasteiger charge is -2.09. The number of nitriles is 1. The average molecular weight is 368 g/mol. The lowest BCUT2D eigenvalue weighted by atomic mass is 10.00. The van der Waals surface area contributed by atoms with E-state index < -0.39 is 0 Å². The third kappa shape index (κ3) is 2.39. The number of aromatic nitrogens is 3. The van der Waals surface area contributed by atoms with Crippen molar-refractivity contribution in [2.75, 3.05) is 0 Å². The number of hydrogen-bond donors (Lipinski definition) is 0. The van der Waals surface area contributed by atoms with E-state index in [1.54, 1.807) is 0 Å². The average Bonchev–Trinajstić information content (AvgIpc) is 3.09. The van der Waals surface area contributed by atoms with Crippen molar-refractivity contribution in [3.05, 3.63) is 62.5 Å². The molecule has 25 heavy (non-hydrogen) atoms. The summed E-state index contributed by atoms with van der Waals surface area (Å²) < 4.78 is 2.02. The summed E-state index contributed by atoms with van der Waals surface area (Å²) >= 11 is 7.50. The fourth-order valence-corrected chi connectivity index (χ4v) is 4.37. The molecule has 3 aromatic rings. The summed E-state index contributed by atoms with van der Waals surface area (Å²) in [6.07, 6.45) is 0. The highest BCUT2D eigenvalue weighted by atomic mass is 35.5. The van der Waals surface area contributed by atoms with E-state index in [9.17, 15) is 5.26 Å². The van der Waals surface area contributed by atoms with Gasteiger partial charge in [-0.25, -0.2) is 0 Å². The Morgan fingerprint density at radius 2 is 1.92 bits per heavy atom. The topological polar surface area (TPSA) is 66.9 Å². The molecule has 0 bridgehead atoms. The van der Waals surface area contributed by atoms with Crippen LogP contribution in [0.15, 0.2) is 29.3 Å². The molecule has 124 valence electrons. The van der Waals surface area contributed by atoms with Crippen molar-refractivity contribution in [3.8, 4) is 11.1 Å². The number of benzene rings is 1. The van der Waals surface area contributed by atoms with Gasteiger partial charge in [-0.3, -0.25) is 9.56 Å². The summed E-state index contributed by atoms with van der Waals surface area (Å²) in [7, 11) is 0. The lowest BCUT2D eigenvalue weighted by Crippen LogP contribution is -2.07. The van der Waals surface area contributed by atoms with E-state index in [0.29, 0.717) is 9.90 Å². The lowest BCUT2D eigenvalue weighted by molar-refractivity contribution is 0.724. The molecular weight excluding hydrogens is 354 g/mol. The zero-order valence-corrected chi connectivity index (χ0v) is 15.5. The van der Waals surface area contributed by atoms with Crippen LogP contribution in [0.1, 0.15) is 46.2 Å². The van der Waals surface area contributed by atoms with Gasteiger partial charge in [-0.2, -0.15) is 5.26 Å². The number of aryl methyl sites for hydroxylation is 1. The Balaban J connectivity index is 2.07. The minimum atomic E-state index is -0.142. The molecule has 0 aliphatic carbocycles. The first-order valence-electron chi connectivity index (χ1n) is 7.81. The molecule has 1 unspecified atom stereocenters. The van der Waals surface area contributed by atoms with Gasteiger partial charge in [0.25, 0.3) is 0 Å². The summed E-state index contributed by atoms with van der Waals surface area (Å²) in [6, 6.07) is 9.78. The quantitative estimate of drug-likeness (QED) is 0.640. The monoisotopic (exact) mass is 367 g/mol. The van der Waals surface area contributed by atoms with Crippen LogP contribution < -0.4 is 0 Å². The summed E-state index contributed by atoms with van der Waals surface area (Å²) in [5, 5.41) is 19.7. The summed E-state index contributed by atoms with van der Waals surface area (Å²) in [5.74, 6) is 1.58. The van der Waals surface area contributed by atoms with Gasteiger partial charge in [0.15, 0.2) is 5.82 Å². The van der Waals surface area contributed by atoms with Crippen molar-refractivity contribution >= 4 is 28.6 Å². The Morgan fingerprint density at radius 1 is 1.20 bits per heavy atom. The minimum Gasteiger partial charge on any atom is -0.273 e. The number of nitrogens with zero attached hydrogens (tertiary/aromatic N) is 5. The normalized spacial score (nSPS) is 15.8. The van der Waals surface area contributed by atoms with Crippen molar-refractivity contribution in [2.24, 2.45) is 4.99 Å². The van der Waals surface area contributed by atoms with Crippen LogP contribution in [0.5, 0.6) is 0 Å². The second kappa shape index (κ2) is 5.80. The van der Waals surface area contributed by atoms with Crippen molar-refractivity contribution in [3.63, 3.8) is 0 Å². The van der Waals surface area contributed by atoms with Gasteiger partial charge in [-0.05, 0) is 38.5 Å². The first-order chi connectivity index (χ1) is 12.0. The number of thiophene rings is 1. The smallest absolute Gasteiger partial charge is 0.162 e.